The second-order valence-corrected chi connectivity index (χ2v) is 9.77. The molecule has 4 rings (SSSR count). The van der Waals surface area contributed by atoms with Crippen molar-refractivity contribution in [3.8, 4) is 26.9 Å². The van der Waals surface area contributed by atoms with E-state index < -0.39 is 0 Å². The van der Waals surface area contributed by atoms with E-state index in [1.165, 1.54) is 11.8 Å². The standard InChI is InChI=1S/C24H27N5O4S2/c1-4-33-24(31)29-12-10-28(11-13-29)21(30)15-34-20-9-8-19(26-27-20)22-16(2)25-23(35-22)17-6-5-7-18(14-17)32-3/h5-9,14H,4,10-13,15H2,1-3H3. The van der Waals surface area contributed by atoms with Gasteiger partial charge in [-0.2, -0.15) is 0 Å². The number of carbonyl (C=O) groups is 2. The van der Waals surface area contributed by atoms with Crippen LogP contribution in [-0.2, 0) is 9.53 Å². The number of benzene rings is 1. The summed E-state index contributed by atoms with van der Waals surface area (Å²) in [5.74, 6) is 1.08. The van der Waals surface area contributed by atoms with Crippen molar-refractivity contribution < 1.29 is 19.1 Å². The number of hydrogen-bond acceptors (Lipinski definition) is 9. The highest BCUT2D eigenvalue weighted by Crippen LogP contribution is 2.35. The third-order valence-corrected chi connectivity index (χ3v) is 7.62. The second kappa shape index (κ2) is 11.5. The first-order chi connectivity index (χ1) is 17.0. The number of aryl methyl sites for hydroxylation is 1. The van der Waals surface area contributed by atoms with E-state index in [4.69, 9.17) is 14.5 Å². The van der Waals surface area contributed by atoms with E-state index in [0.29, 0.717) is 37.8 Å². The number of methoxy groups -OCH3 is 1. The van der Waals surface area contributed by atoms with Crippen molar-refractivity contribution in [1.82, 2.24) is 25.0 Å². The molecule has 0 radical (unpaired) electrons. The van der Waals surface area contributed by atoms with Gasteiger partial charge in [0.25, 0.3) is 0 Å². The van der Waals surface area contributed by atoms with Gasteiger partial charge in [0.2, 0.25) is 5.91 Å². The number of thioether (sulfide) groups is 1. The minimum absolute atomic E-state index is 0.0191. The summed E-state index contributed by atoms with van der Waals surface area (Å²) in [6.07, 6.45) is -0.323. The number of ether oxygens (including phenoxy) is 2. The van der Waals surface area contributed by atoms with Crippen LogP contribution in [0.2, 0.25) is 0 Å². The van der Waals surface area contributed by atoms with Gasteiger partial charge in [0.1, 0.15) is 21.5 Å². The van der Waals surface area contributed by atoms with Crippen LogP contribution in [0.15, 0.2) is 41.4 Å². The van der Waals surface area contributed by atoms with Crippen LogP contribution in [0.3, 0.4) is 0 Å². The lowest BCUT2D eigenvalue weighted by molar-refractivity contribution is -0.129. The molecule has 0 atom stereocenters. The van der Waals surface area contributed by atoms with Gasteiger partial charge in [0.15, 0.2) is 0 Å². The quantitative estimate of drug-likeness (QED) is 0.438. The Morgan fingerprint density at radius 3 is 2.54 bits per heavy atom. The van der Waals surface area contributed by atoms with E-state index in [1.807, 2.05) is 43.3 Å². The molecule has 11 heteroatoms. The fraction of sp³-hybridized carbons (Fsp3) is 0.375. The summed E-state index contributed by atoms with van der Waals surface area (Å²) in [7, 11) is 1.65. The van der Waals surface area contributed by atoms with Gasteiger partial charge in [-0.25, -0.2) is 9.78 Å². The number of amides is 2. The van der Waals surface area contributed by atoms with Crippen molar-refractivity contribution in [2.24, 2.45) is 0 Å². The topological polar surface area (TPSA) is 97.8 Å². The summed E-state index contributed by atoms with van der Waals surface area (Å²) in [5.41, 5.74) is 2.63. The second-order valence-electron chi connectivity index (χ2n) is 7.78. The molecule has 0 unspecified atom stereocenters. The van der Waals surface area contributed by atoms with Crippen LogP contribution < -0.4 is 4.74 Å². The largest absolute Gasteiger partial charge is 0.497 e. The highest BCUT2D eigenvalue weighted by atomic mass is 32.2. The van der Waals surface area contributed by atoms with Crippen LogP contribution in [0, 0.1) is 6.92 Å². The van der Waals surface area contributed by atoms with E-state index in [-0.39, 0.29) is 17.8 Å². The first-order valence-electron chi connectivity index (χ1n) is 11.3. The normalized spacial score (nSPS) is 13.6. The van der Waals surface area contributed by atoms with Crippen LogP contribution in [0.25, 0.3) is 21.1 Å². The molecule has 3 heterocycles. The van der Waals surface area contributed by atoms with Gasteiger partial charge >= 0.3 is 6.09 Å². The highest BCUT2D eigenvalue weighted by molar-refractivity contribution is 7.99. The summed E-state index contributed by atoms with van der Waals surface area (Å²) in [6.45, 7) is 6.06. The minimum Gasteiger partial charge on any atom is -0.497 e. The summed E-state index contributed by atoms with van der Waals surface area (Å²) in [4.78, 5) is 33.5. The molecule has 184 valence electrons. The Morgan fingerprint density at radius 2 is 1.86 bits per heavy atom. The summed E-state index contributed by atoms with van der Waals surface area (Å²) in [5, 5.41) is 10.3. The maximum absolute atomic E-state index is 12.6. The fourth-order valence-electron chi connectivity index (χ4n) is 3.61. The zero-order valence-electron chi connectivity index (χ0n) is 19.9. The van der Waals surface area contributed by atoms with Crippen LogP contribution >= 0.6 is 23.1 Å². The van der Waals surface area contributed by atoms with E-state index >= 15 is 0 Å². The van der Waals surface area contributed by atoms with Gasteiger partial charge in [-0.1, -0.05) is 23.9 Å². The van der Waals surface area contributed by atoms with Crippen molar-refractivity contribution in [2.45, 2.75) is 18.9 Å². The van der Waals surface area contributed by atoms with Gasteiger partial charge in [-0.05, 0) is 38.1 Å². The number of nitrogens with zero attached hydrogens (tertiary/aromatic N) is 5. The average molecular weight is 514 g/mol. The Balaban J connectivity index is 1.33. The van der Waals surface area contributed by atoms with Gasteiger partial charge in [-0.3, -0.25) is 4.79 Å². The molecule has 1 aromatic carbocycles. The molecule has 1 saturated heterocycles. The van der Waals surface area contributed by atoms with Crippen molar-refractivity contribution in [3.05, 3.63) is 42.1 Å². The zero-order chi connectivity index (χ0) is 24.8. The molecular weight excluding hydrogens is 486 g/mol. The van der Waals surface area contributed by atoms with Crippen molar-refractivity contribution in [2.75, 3.05) is 45.6 Å². The van der Waals surface area contributed by atoms with Crippen molar-refractivity contribution in [3.63, 3.8) is 0 Å². The lowest BCUT2D eigenvalue weighted by atomic mass is 10.2. The number of rotatable bonds is 7. The third-order valence-electron chi connectivity index (χ3n) is 5.49. The first-order valence-corrected chi connectivity index (χ1v) is 13.1. The molecule has 0 saturated carbocycles. The van der Waals surface area contributed by atoms with Gasteiger partial charge in [-0.15, -0.1) is 21.5 Å². The molecule has 1 aliphatic rings. The summed E-state index contributed by atoms with van der Waals surface area (Å²) in [6, 6.07) is 11.6. The molecule has 0 N–H and O–H groups in total. The van der Waals surface area contributed by atoms with Crippen LogP contribution in [0.1, 0.15) is 12.6 Å². The SMILES string of the molecule is CCOC(=O)N1CCN(C(=O)CSc2ccc(-c3sc(-c4cccc(OC)c4)nc3C)nn2)CC1. The predicted octanol–water partition coefficient (Wildman–Crippen LogP) is 3.98. The molecule has 35 heavy (non-hydrogen) atoms. The van der Waals surface area contributed by atoms with Gasteiger partial charge < -0.3 is 19.3 Å². The Kier molecular flexibility index (Phi) is 8.19. The maximum atomic E-state index is 12.6. The Bertz CT molecular complexity index is 1180. The highest BCUT2D eigenvalue weighted by Gasteiger charge is 2.25. The molecule has 0 spiro atoms. The number of aromatic nitrogens is 3. The van der Waals surface area contributed by atoms with Crippen molar-refractivity contribution >= 4 is 35.1 Å². The number of thiazole rings is 1. The number of piperazine rings is 1. The summed E-state index contributed by atoms with van der Waals surface area (Å²) >= 11 is 2.91. The molecule has 0 bridgehead atoms. The molecule has 0 aliphatic carbocycles. The van der Waals surface area contributed by atoms with E-state index in [1.54, 1.807) is 35.2 Å². The Morgan fingerprint density at radius 1 is 1.09 bits per heavy atom. The van der Waals surface area contributed by atoms with Crippen LogP contribution in [0.4, 0.5) is 4.79 Å². The average Bonchev–Trinajstić information content (AvgIpc) is 3.29. The lowest BCUT2D eigenvalue weighted by Gasteiger charge is -2.34. The molecular formula is C24H27N5O4S2. The summed E-state index contributed by atoms with van der Waals surface area (Å²) < 4.78 is 10.3. The van der Waals surface area contributed by atoms with Gasteiger partial charge in [0.05, 0.1) is 30.0 Å². The van der Waals surface area contributed by atoms with Crippen LogP contribution in [-0.4, -0.2) is 82.6 Å². The molecule has 2 aromatic heterocycles. The minimum atomic E-state index is -0.323. The molecule has 1 aliphatic heterocycles. The Hall–Kier alpha value is -3.18. The molecule has 9 nitrogen and oxygen atoms in total. The lowest BCUT2D eigenvalue weighted by Crippen LogP contribution is -2.51. The monoisotopic (exact) mass is 513 g/mol. The molecule has 3 aromatic rings. The number of hydrogen-bond donors (Lipinski definition) is 0. The predicted molar refractivity (Wildman–Crippen MR) is 136 cm³/mol. The number of carbonyl (C=O) groups excluding carboxylic acids is 2. The molecule has 2 amide bonds. The Labute approximate surface area is 212 Å². The van der Waals surface area contributed by atoms with Crippen molar-refractivity contribution in [1.29, 1.82) is 0 Å². The third kappa shape index (κ3) is 6.09. The smallest absolute Gasteiger partial charge is 0.409 e. The molecule has 1 fully saturated rings. The maximum Gasteiger partial charge on any atom is 0.409 e. The van der Waals surface area contributed by atoms with Gasteiger partial charge in [0, 0.05) is 31.7 Å². The van der Waals surface area contributed by atoms with E-state index in [0.717, 1.165) is 32.6 Å². The van der Waals surface area contributed by atoms with E-state index in [9.17, 15) is 9.59 Å². The van der Waals surface area contributed by atoms with Crippen LogP contribution in [0.5, 0.6) is 5.75 Å². The van der Waals surface area contributed by atoms with E-state index in [2.05, 4.69) is 10.2 Å². The first kappa shape index (κ1) is 24.9. The fourth-order valence-corrected chi connectivity index (χ4v) is 5.36. The zero-order valence-corrected chi connectivity index (χ0v) is 21.5.